The van der Waals surface area contributed by atoms with E-state index in [4.69, 9.17) is 5.73 Å². The number of aldehydes is 1. The molecule has 0 saturated heterocycles. The second kappa shape index (κ2) is 3.77. The fraction of sp³-hybridized carbons (Fsp3) is 0.0714. The topological polar surface area (TPSA) is 68.9 Å². The first-order chi connectivity index (χ1) is 8.70. The zero-order chi connectivity index (χ0) is 12.7. The van der Waals surface area contributed by atoms with Crippen LogP contribution in [0.4, 0.5) is 5.82 Å². The lowest BCUT2D eigenvalue weighted by atomic mass is 10.1. The number of hydrogen-bond donors (Lipinski definition) is 1. The van der Waals surface area contributed by atoms with Crippen LogP contribution in [0.15, 0.2) is 30.3 Å². The smallest absolute Gasteiger partial charge is 0.153 e. The average Bonchev–Trinajstić information content (AvgIpc) is 2.39. The van der Waals surface area contributed by atoms with Crippen molar-refractivity contribution in [3.05, 3.63) is 41.6 Å². The van der Waals surface area contributed by atoms with Crippen LogP contribution in [-0.4, -0.2) is 16.3 Å². The van der Waals surface area contributed by atoms with Crippen LogP contribution >= 0.6 is 0 Å². The van der Waals surface area contributed by atoms with Gasteiger partial charge in [-0.05, 0) is 19.1 Å². The first kappa shape index (κ1) is 10.7. The van der Waals surface area contributed by atoms with Crippen molar-refractivity contribution in [2.75, 3.05) is 5.73 Å². The number of rotatable bonds is 1. The summed E-state index contributed by atoms with van der Waals surface area (Å²) < 4.78 is 0. The maximum atomic E-state index is 11.0. The standard InChI is InChI=1S/C14H11N3O/c1-8-13-11(6-9(7-18)14(15)17-13)10-4-2-3-5-12(10)16-8/h2-7H,1H3,(H2,15,17). The molecule has 0 spiro atoms. The Morgan fingerprint density at radius 2 is 1.94 bits per heavy atom. The molecule has 0 aliphatic rings. The van der Waals surface area contributed by atoms with Crippen LogP contribution in [0, 0.1) is 6.92 Å². The highest BCUT2D eigenvalue weighted by Gasteiger charge is 2.09. The summed E-state index contributed by atoms with van der Waals surface area (Å²) >= 11 is 0. The van der Waals surface area contributed by atoms with Gasteiger partial charge in [0, 0.05) is 10.8 Å². The Kier molecular flexibility index (Phi) is 2.23. The number of fused-ring (bicyclic) bond motifs is 3. The summed E-state index contributed by atoms with van der Waals surface area (Å²) in [6.07, 6.45) is 0.728. The number of carbonyl (C=O) groups excluding carboxylic acids is 1. The van der Waals surface area contributed by atoms with Gasteiger partial charge in [0.1, 0.15) is 5.82 Å². The number of aromatic nitrogens is 2. The van der Waals surface area contributed by atoms with Crippen LogP contribution < -0.4 is 5.73 Å². The van der Waals surface area contributed by atoms with Gasteiger partial charge in [-0.1, -0.05) is 18.2 Å². The largest absolute Gasteiger partial charge is 0.383 e. The zero-order valence-electron chi connectivity index (χ0n) is 9.84. The van der Waals surface area contributed by atoms with Gasteiger partial charge >= 0.3 is 0 Å². The zero-order valence-corrected chi connectivity index (χ0v) is 9.84. The van der Waals surface area contributed by atoms with Gasteiger partial charge < -0.3 is 5.73 Å². The first-order valence-electron chi connectivity index (χ1n) is 5.61. The van der Waals surface area contributed by atoms with Crippen molar-refractivity contribution in [2.24, 2.45) is 0 Å². The first-order valence-corrected chi connectivity index (χ1v) is 5.61. The molecule has 0 saturated carbocycles. The number of aryl methyl sites for hydroxylation is 1. The highest BCUT2D eigenvalue weighted by molar-refractivity contribution is 6.07. The van der Waals surface area contributed by atoms with E-state index in [-0.39, 0.29) is 5.82 Å². The third-order valence-corrected chi connectivity index (χ3v) is 3.04. The Labute approximate surface area is 103 Å². The van der Waals surface area contributed by atoms with E-state index in [1.165, 1.54) is 0 Å². The molecule has 3 rings (SSSR count). The number of nitrogens with zero attached hydrogens (tertiary/aromatic N) is 2. The maximum absolute atomic E-state index is 11.0. The Hall–Kier alpha value is -2.49. The minimum absolute atomic E-state index is 0.248. The van der Waals surface area contributed by atoms with E-state index in [2.05, 4.69) is 9.97 Å². The minimum Gasteiger partial charge on any atom is -0.383 e. The summed E-state index contributed by atoms with van der Waals surface area (Å²) in [5.41, 5.74) is 8.61. The second-order valence-electron chi connectivity index (χ2n) is 4.19. The SMILES string of the molecule is Cc1nc2ccccc2c2cc(C=O)c(N)nc12. The van der Waals surface area contributed by atoms with Gasteiger partial charge in [0.2, 0.25) is 0 Å². The molecule has 0 atom stereocenters. The Balaban J connectivity index is 2.57. The van der Waals surface area contributed by atoms with Crippen molar-refractivity contribution < 1.29 is 4.79 Å². The van der Waals surface area contributed by atoms with Gasteiger partial charge in [0.25, 0.3) is 0 Å². The van der Waals surface area contributed by atoms with Crippen LogP contribution in [0.5, 0.6) is 0 Å². The third kappa shape index (κ3) is 1.43. The molecule has 1 aromatic carbocycles. The fourth-order valence-electron chi connectivity index (χ4n) is 2.15. The Bertz CT molecular complexity index is 781. The molecule has 0 unspecified atom stereocenters. The molecule has 2 aromatic heterocycles. The molecule has 18 heavy (non-hydrogen) atoms. The number of benzene rings is 1. The van der Waals surface area contributed by atoms with Crippen molar-refractivity contribution in [3.63, 3.8) is 0 Å². The monoisotopic (exact) mass is 237 g/mol. The average molecular weight is 237 g/mol. The Morgan fingerprint density at radius 3 is 2.72 bits per heavy atom. The number of carbonyl (C=O) groups is 1. The van der Waals surface area contributed by atoms with Gasteiger partial charge in [-0.15, -0.1) is 0 Å². The minimum atomic E-state index is 0.248. The molecule has 3 aromatic rings. The third-order valence-electron chi connectivity index (χ3n) is 3.04. The summed E-state index contributed by atoms with van der Waals surface area (Å²) in [5, 5.41) is 1.89. The quantitative estimate of drug-likeness (QED) is 0.521. The molecule has 0 fully saturated rings. The lowest BCUT2D eigenvalue weighted by Crippen LogP contribution is -1.99. The van der Waals surface area contributed by atoms with Crippen molar-refractivity contribution in [1.82, 2.24) is 9.97 Å². The van der Waals surface area contributed by atoms with E-state index < -0.39 is 0 Å². The molecule has 0 aliphatic carbocycles. The number of hydrogen-bond acceptors (Lipinski definition) is 4. The predicted octanol–water partition coefficient (Wildman–Crippen LogP) is 2.49. The molecule has 0 radical (unpaired) electrons. The van der Waals surface area contributed by atoms with Crippen LogP contribution in [0.2, 0.25) is 0 Å². The molecule has 4 heteroatoms. The number of nitrogens with two attached hydrogens (primary N) is 1. The molecular weight excluding hydrogens is 226 g/mol. The van der Waals surface area contributed by atoms with Crippen molar-refractivity contribution >= 4 is 33.9 Å². The number of pyridine rings is 2. The fourth-order valence-corrected chi connectivity index (χ4v) is 2.15. The molecule has 0 amide bonds. The molecule has 2 heterocycles. The van der Waals surface area contributed by atoms with Crippen LogP contribution in [0.1, 0.15) is 16.1 Å². The maximum Gasteiger partial charge on any atom is 0.153 e. The van der Waals surface area contributed by atoms with Crippen molar-refractivity contribution in [1.29, 1.82) is 0 Å². The predicted molar refractivity (Wildman–Crippen MR) is 71.6 cm³/mol. The van der Waals surface area contributed by atoms with E-state index in [0.717, 1.165) is 33.8 Å². The number of nitrogen functional groups attached to an aromatic ring is 1. The second-order valence-corrected chi connectivity index (χ2v) is 4.19. The van der Waals surface area contributed by atoms with E-state index >= 15 is 0 Å². The molecular formula is C14H11N3O. The molecule has 4 nitrogen and oxygen atoms in total. The Morgan fingerprint density at radius 1 is 1.17 bits per heavy atom. The van der Waals surface area contributed by atoms with Crippen molar-refractivity contribution in [2.45, 2.75) is 6.92 Å². The van der Waals surface area contributed by atoms with Gasteiger partial charge in [-0.3, -0.25) is 9.78 Å². The van der Waals surface area contributed by atoms with E-state index in [1.54, 1.807) is 6.07 Å². The summed E-state index contributed by atoms with van der Waals surface area (Å²) in [5.74, 6) is 0.248. The van der Waals surface area contributed by atoms with Gasteiger partial charge in [-0.25, -0.2) is 4.98 Å². The molecule has 0 aliphatic heterocycles. The van der Waals surface area contributed by atoms with Crippen LogP contribution in [0.25, 0.3) is 21.8 Å². The normalized spacial score (nSPS) is 10.9. The summed E-state index contributed by atoms with van der Waals surface area (Å²) in [6, 6.07) is 9.57. The molecule has 2 N–H and O–H groups in total. The van der Waals surface area contributed by atoms with Gasteiger partial charge in [0.15, 0.2) is 6.29 Å². The van der Waals surface area contributed by atoms with Crippen LogP contribution in [0.3, 0.4) is 0 Å². The van der Waals surface area contributed by atoms with E-state index in [9.17, 15) is 4.79 Å². The van der Waals surface area contributed by atoms with Gasteiger partial charge in [-0.2, -0.15) is 0 Å². The highest BCUT2D eigenvalue weighted by atomic mass is 16.1. The molecule has 0 bridgehead atoms. The van der Waals surface area contributed by atoms with E-state index in [0.29, 0.717) is 5.56 Å². The lowest BCUT2D eigenvalue weighted by molar-refractivity contribution is 0.112. The lowest BCUT2D eigenvalue weighted by Gasteiger charge is -2.07. The van der Waals surface area contributed by atoms with Crippen LogP contribution in [-0.2, 0) is 0 Å². The summed E-state index contributed by atoms with van der Waals surface area (Å²) in [4.78, 5) is 19.7. The summed E-state index contributed by atoms with van der Waals surface area (Å²) in [7, 11) is 0. The number of para-hydroxylation sites is 1. The molecule has 88 valence electrons. The highest BCUT2D eigenvalue weighted by Crippen LogP contribution is 2.26. The van der Waals surface area contributed by atoms with Gasteiger partial charge in [0.05, 0.1) is 22.3 Å². The van der Waals surface area contributed by atoms with E-state index in [1.807, 2.05) is 31.2 Å². The van der Waals surface area contributed by atoms with Crippen molar-refractivity contribution in [3.8, 4) is 0 Å². The number of anilines is 1. The summed E-state index contributed by atoms with van der Waals surface area (Å²) in [6.45, 7) is 1.89.